The van der Waals surface area contributed by atoms with E-state index in [2.05, 4.69) is 10.0 Å². The van der Waals surface area contributed by atoms with E-state index in [1.54, 1.807) is 43.3 Å². The van der Waals surface area contributed by atoms with Crippen molar-refractivity contribution in [1.29, 1.82) is 0 Å². The van der Waals surface area contributed by atoms with Gasteiger partial charge in [0.25, 0.3) is 5.91 Å². The summed E-state index contributed by atoms with van der Waals surface area (Å²) in [7, 11) is -3.30. The third-order valence-corrected chi connectivity index (χ3v) is 4.14. The number of rotatable bonds is 5. The minimum Gasteiger partial charge on any atom is -0.322 e. The van der Waals surface area contributed by atoms with Gasteiger partial charge >= 0.3 is 0 Å². The van der Waals surface area contributed by atoms with E-state index in [9.17, 15) is 13.2 Å². The van der Waals surface area contributed by atoms with E-state index in [4.69, 9.17) is 0 Å². The van der Waals surface area contributed by atoms with Gasteiger partial charge in [0.2, 0.25) is 10.0 Å². The molecule has 1 amide bonds. The Morgan fingerprint density at radius 1 is 0.952 bits per heavy atom. The predicted octanol–water partition coefficient (Wildman–Crippen LogP) is 2.70. The van der Waals surface area contributed by atoms with Crippen molar-refractivity contribution in [2.75, 3.05) is 15.8 Å². The van der Waals surface area contributed by atoms with Crippen molar-refractivity contribution in [3.63, 3.8) is 0 Å². The van der Waals surface area contributed by atoms with E-state index < -0.39 is 10.0 Å². The van der Waals surface area contributed by atoms with Gasteiger partial charge in [-0.2, -0.15) is 0 Å². The summed E-state index contributed by atoms with van der Waals surface area (Å²) in [6.45, 7) is 1.56. The maximum Gasteiger partial charge on any atom is 0.255 e. The van der Waals surface area contributed by atoms with Crippen LogP contribution in [0.25, 0.3) is 0 Å². The number of amides is 1. The molecule has 0 aliphatic heterocycles. The van der Waals surface area contributed by atoms with Gasteiger partial charge in [0.05, 0.1) is 5.75 Å². The van der Waals surface area contributed by atoms with Gasteiger partial charge in [0.1, 0.15) is 0 Å². The van der Waals surface area contributed by atoms with E-state index >= 15 is 0 Å². The van der Waals surface area contributed by atoms with Gasteiger partial charge in [0, 0.05) is 16.9 Å². The molecule has 0 aliphatic carbocycles. The summed E-state index contributed by atoms with van der Waals surface area (Å²) in [6.07, 6.45) is 0. The van der Waals surface area contributed by atoms with Crippen molar-refractivity contribution in [2.24, 2.45) is 0 Å². The van der Waals surface area contributed by atoms with Gasteiger partial charge < -0.3 is 5.32 Å². The summed E-state index contributed by atoms with van der Waals surface area (Å²) in [4.78, 5) is 12.0. The number of anilines is 2. The summed E-state index contributed by atoms with van der Waals surface area (Å²) in [6, 6.07) is 15.4. The SMILES string of the molecule is CCS(=O)(=O)Nc1ccc(C(=O)Nc2ccccc2)cc1. The summed E-state index contributed by atoms with van der Waals surface area (Å²) in [5, 5.41) is 2.76. The second-order valence-corrected chi connectivity index (χ2v) is 6.41. The predicted molar refractivity (Wildman–Crippen MR) is 83.9 cm³/mol. The average molecular weight is 304 g/mol. The summed E-state index contributed by atoms with van der Waals surface area (Å²) < 4.78 is 25.3. The monoisotopic (exact) mass is 304 g/mol. The van der Waals surface area contributed by atoms with Crippen LogP contribution >= 0.6 is 0 Å². The van der Waals surface area contributed by atoms with E-state index in [1.165, 1.54) is 0 Å². The number of benzene rings is 2. The van der Waals surface area contributed by atoms with E-state index in [0.717, 1.165) is 0 Å². The van der Waals surface area contributed by atoms with Gasteiger partial charge in [-0.1, -0.05) is 18.2 Å². The molecule has 0 bridgehead atoms. The highest BCUT2D eigenvalue weighted by Gasteiger charge is 2.09. The number of para-hydroxylation sites is 1. The van der Waals surface area contributed by atoms with Crippen LogP contribution < -0.4 is 10.0 Å². The molecule has 110 valence electrons. The molecule has 0 unspecified atom stereocenters. The van der Waals surface area contributed by atoms with Crippen molar-refractivity contribution in [3.05, 3.63) is 60.2 Å². The first kappa shape index (κ1) is 15.1. The molecule has 0 atom stereocenters. The molecule has 0 radical (unpaired) electrons. The molecule has 2 N–H and O–H groups in total. The first-order valence-electron chi connectivity index (χ1n) is 6.47. The molecule has 0 aliphatic rings. The van der Waals surface area contributed by atoms with Crippen molar-refractivity contribution >= 4 is 27.3 Å². The Balaban J connectivity index is 2.07. The normalized spacial score (nSPS) is 10.9. The minimum atomic E-state index is -3.30. The molecule has 0 saturated carbocycles. The minimum absolute atomic E-state index is 0.00322. The highest BCUT2D eigenvalue weighted by Crippen LogP contribution is 2.13. The lowest BCUT2D eigenvalue weighted by Gasteiger charge is -2.08. The quantitative estimate of drug-likeness (QED) is 0.891. The number of nitrogens with one attached hydrogen (secondary N) is 2. The zero-order valence-corrected chi connectivity index (χ0v) is 12.4. The lowest BCUT2D eigenvalue weighted by atomic mass is 10.2. The molecule has 0 spiro atoms. The van der Waals surface area contributed by atoms with Crippen LogP contribution in [0.3, 0.4) is 0 Å². The van der Waals surface area contributed by atoms with Gasteiger partial charge in [-0.05, 0) is 43.3 Å². The molecule has 6 heteroatoms. The van der Waals surface area contributed by atoms with Crippen LogP contribution in [0.1, 0.15) is 17.3 Å². The molecular formula is C15H16N2O3S. The molecule has 2 rings (SSSR count). The highest BCUT2D eigenvalue weighted by molar-refractivity contribution is 7.92. The van der Waals surface area contributed by atoms with Crippen LogP contribution in [0, 0.1) is 0 Å². The highest BCUT2D eigenvalue weighted by atomic mass is 32.2. The molecule has 2 aromatic rings. The fraction of sp³-hybridized carbons (Fsp3) is 0.133. The fourth-order valence-electron chi connectivity index (χ4n) is 1.67. The van der Waals surface area contributed by atoms with Crippen LogP contribution in [-0.2, 0) is 10.0 Å². The Bertz CT molecular complexity index is 710. The Kier molecular flexibility index (Phi) is 4.59. The van der Waals surface area contributed by atoms with E-state index in [1.807, 2.05) is 18.2 Å². The summed E-state index contributed by atoms with van der Waals surface area (Å²) in [5.74, 6) is -0.241. The molecule has 0 heterocycles. The van der Waals surface area contributed by atoms with Crippen LogP contribution in [0.2, 0.25) is 0 Å². The van der Waals surface area contributed by atoms with Crippen molar-refractivity contribution in [3.8, 4) is 0 Å². The average Bonchev–Trinajstić information content (AvgIpc) is 2.48. The zero-order valence-electron chi connectivity index (χ0n) is 11.5. The molecule has 5 nitrogen and oxygen atoms in total. The lowest BCUT2D eigenvalue weighted by Crippen LogP contribution is -2.15. The van der Waals surface area contributed by atoms with Crippen LogP contribution in [0.5, 0.6) is 0 Å². The smallest absolute Gasteiger partial charge is 0.255 e. The first-order valence-corrected chi connectivity index (χ1v) is 8.12. The van der Waals surface area contributed by atoms with Crippen LogP contribution in [0.15, 0.2) is 54.6 Å². The van der Waals surface area contributed by atoms with Crippen molar-refractivity contribution < 1.29 is 13.2 Å². The summed E-state index contributed by atoms with van der Waals surface area (Å²) >= 11 is 0. The van der Waals surface area contributed by atoms with E-state index in [-0.39, 0.29) is 11.7 Å². The van der Waals surface area contributed by atoms with Crippen LogP contribution in [0.4, 0.5) is 11.4 Å². The molecule has 0 aromatic heterocycles. The topological polar surface area (TPSA) is 75.3 Å². The maximum atomic E-state index is 12.0. The van der Waals surface area contributed by atoms with Gasteiger partial charge in [-0.3, -0.25) is 9.52 Å². The summed E-state index contributed by atoms with van der Waals surface area (Å²) in [5.41, 5.74) is 1.60. The largest absolute Gasteiger partial charge is 0.322 e. The van der Waals surface area contributed by atoms with Gasteiger partial charge in [0.15, 0.2) is 0 Å². The first-order chi connectivity index (χ1) is 10.00. The zero-order chi connectivity index (χ0) is 15.3. The van der Waals surface area contributed by atoms with Crippen molar-refractivity contribution in [1.82, 2.24) is 0 Å². The number of carbonyl (C=O) groups is 1. The Hall–Kier alpha value is -2.34. The number of sulfonamides is 1. The standard InChI is InChI=1S/C15H16N2O3S/c1-2-21(19,20)17-14-10-8-12(9-11-14)15(18)16-13-6-4-3-5-7-13/h3-11,17H,2H2,1H3,(H,16,18). The third-order valence-electron chi connectivity index (χ3n) is 2.83. The van der Waals surface area contributed by atoms with Crippen molar-refractivity contribution in [2.45, 2.75) is 6.92 Å². The Morgan fingerprint density at radius 3 is 2.14 bits per heavy atom. The molecule has 2 aromatic carbocycles. The van der Waals surface area contributed by atoms with E-state index in [0.29, 0.717) is 16.9 Å². The molecule has 21 heavy (non-hydrogen) atoms. The lowest BCUT2D eigenvalue weighted by molar-refractivity contribution is 0.102. The fourth-order valence-corrected chi connectivity index (χ4v) is 2.31. The Labute approximate surface area is 124 Å². The van der Waals surface area contributed by atoms with Gasteiger partial charge in [-0.25, -0.2) is 8.42 Å². The molecule has 0 fully saturated rings. The Morgan fingerprint density at radius 2 is 1.57 bits per heavy atom. The van der Waals surface area contributed by atoms with Crippen LogP contribution in [-0.4, -0.2) is 20.1 Å². The molecular weight excluding hydrogens is 288 g/mol. The number of hydrogen-bond donors (Lipinski definition) is 2. The maximum absolute atomic E-state index is 12.0. The second kappa shape index (κ2) is 6.41. The third kappa shape index (κ3) is 4.32. The molecule has 0 saturated heterocycles. The van der Waals surface area contributed by atoms with Gasteiger partial charge in [-0.15, -0.1) is 0 Å². The second-order valence-electron chi connectivity index (χ2n) is 4.40. The number of hydrogen-bond acceptors (Lipinski definition) is 3. The number of carbonyl (C=O) groups excluding carboxylic acids is 1.